The lowest BCUT2D eigenvalue weighted by molar-refractivity contribution is 0.0988. The van der Waals surface area contributed by atoms with Crippen LogP contribution in [0.4, 0.5) is 0 Å². The van der Waals surface area contributed by atoms with E-state index in [1.165, 1.54) is 18.4 Å². The van der Waals surface area contributed by atoms with E-state index in [-0.39, 0.29) is 5.78 Å². The van der Waals surface area contributed by atoms with E-state index in [1.807, 2.05) is 19.1 Å². The summed E-state index contributed by atoms with van der Waals surface area (Å²) in [6.07, 6.45) is 5.27. The Bertz CT molecular complexity index is 382. The van der Waals surface area contributed by atoms with E-state index in [2.05, 4.69) is 12.1 Å². The highest BCUT2D eigenvalue weighted by Crippen LogP contribution is 2.32. The van der Waals surface area contributed by atoms with Gasteiger partial charge in [0.15, 0.2) is 5.78 Å². The van der Waals surface area contributed by atoms with Crippen molar-refractivity contribution in [1.29, 1.82) is 0 Å². The van der Waals surface area contributed by atoms with Crippen LogP contribution in [0.15, 0.2) is 24.3 Å². The third-order valence-corrected chi connectivity index (χ3v) is 3.74. The molecule has 1 aliphatic carbocycles. The first-order valence-electron chi connectivity index (χ1n) is 6.59. The molecule has 0 heterocycles. The van der Waals surface area contributed by atoms with Gasteiger partial charge in [0.1, 0.15) is 0 Å². The predicted molar refractivity (Wildman–Crippen MR) is 70.2 cm³/mol. The van der Waals surface area contributed by atoms with Gasteiger partial charge >= 0.3 is 0 Å². The summed E-state index contributed by atoms with van der Waals surface area (Å²) in [6, 6.07) is 8.48. The molecule has 0 radical (unpaired) electrons. The molecule has 0 aromatic heterocycles. The Morgan fingerprint density at radius 3 is 2.59 bits per heavy atom. The van der Waals surface area contributed by atoms with Crippen molar-refractivity contribution in [2.24, 2.45) is 5.73 Å². The summed E-state index contributed by atoms with van der Waals surface area (Å²) < 4.78 is 0. The lowest BCUT2D eigenvalue weighted by Gasteiger charge is -2.26. The third-order valence-electron chi connectivity index (χ3n) is 3.74. The van der Waals surface area contributed by atoms with E-state index < -0.39 is 0 Å². The second kappa shape index (κ2) is 5.46. The number of rotatable bonds is 3. The molecular weight excluding hydrogens is 210 g/mol. The van der Waals surface area contributed by atoms with Crippen molar-refractivity contribution in [3.8, 4) is 0 Å². The summed E-state index contributed by atoms with van der Waals surface area (Å²) in [6.45, 7) is 1.90. The van der Waals surface area contributed by atoms with Crippen molar-refractivity contribution in [2.45, 2.75) is 51.0 Å². The highest BCUT2D eigenvalue weighted by Gasteiger charge is 2.20. The number of Topliss-reactive ketones (excluding diaryl/α,β-unsaturated/α-hetero) is 1. The predicted octanol–water partition coefficient (Wildman–Crippen LogP) is 3.26. The van der Waals surface area contributed by atoms with Gasteiger partial charge in [-0.1, -0.05) is 37.6 Å². The van der Waals surface area contributed by atoms with E-state index in [4.69, 9.17) is 5.73 Å². The van der Waals surface area contributed by atoms with Crippen molar-refractivity contribution in [2.75, 3.05) is 0 Å². The van der Waals surface area contributed by atoms with Crippen LogP contribution in [0.2, 0.25) is 0 Å². The topological polar surface area (TPSA) is 43.1 Å². The summed E-state index contributed by atoms with van der Waals surface area (Å²) in [5.74, 6) is 0.807. The Kier molecular flexibility index (Phi) is 3.95. The van der Waals surface area contributed by atoms with E-state index >= 15 is 0 Å². The van der Waals surface area contributed by atoms with Gasteiger partial charge in [-0.2, -0.15) is 0 Å². The van der Waals surface area contributed by atoms with Gasteiger partial charge in [-0.3, -0.25) is 4.79 Å². The van der Waals surface area contributed by atoms with E-state index in [9.17, 15) is 4.79 Å². The second-order valence-electron chi connectivity index (χ2n) is 5.02. The molecule has 1 aromatic rings. The fourth-order valence-corrected chi connectivity index (χ4v) is 2.68. The molecule has 0 aliphatic heterocycles. The van der Waals surface area contributed by atoms with Crippen LogP contribution in [0.5, 0.6) is 0 Å². The van der Waals surface area contributed by atoms with Gasteiger partial charge in [-0.05, 0) is 30.7 Å². The molecule has 17 heavy (non-hydrogen) atoms. The zero-order valence-electron chi connectivity index (χ0n) is 10.5. The molecule has 2 N–H and O–H groups in total. The Labute approximate surface area is 103 Å². The maximum absolute atomic E-state index is 11.5. The Hall–Kier alpha value is -1.15. The van der Waals surface area contributed by atoms with Gasteiger partial charge in [0.05, 0.1) is 0 Å². The molecule has 0 saturated heterocycles. The van der Waals surface area contributed by atoms with Gasteiger partial charge in [0, 0.05) is 18.0 Å². The number of ketones is 1. The fraction of sp³-hybridized carbons (Fsp3) is 0.533. The van der Waals surface area contributed by atoms with Gasteiger partial charge in [-0.25, -0.2) is 0 Å². The number of nitrogens with two attached hydrogens (primary N) is 1. The fourth-order valence-electron chi connectivity index (χ4n) is 2.68. The molecule has 0 amide bonds. The molecule has 2 heteroatoms. The molecule has 2 rings (SSSR count). The van der Waals surface area contributed by atoms with Crippen molar-refractivity contribution in [3.05, 3.63) is 35.4 Å². The normalized spacial score (nSPS) is 24.6. The molecule has 2 unspecified atom stereocenters. The average Bonchev–Trinajstić information content (AvgIpc) is 2.38. The molecule has 2 nitrogen and oxygen atoms in total. The number of benzene rings is 1. The molecule has 0 bridgehead atoms. The Balaban J connectivity index is 2.09. The van der Waals surface area contributed by atoms with Crippen LogP contribution >= 0.6 is 0 Å². The van der Waals surface area contributed by atoms with Crippen LogP contribution in [-0.2, 0) is 0 Å². The number of hydrogen-bond acceptors (Lipinski definition) is 2. The minimum absolute atomic E-state index is 0.219. The first kappa shape index (κ1) is 12.3. The number of hydrogen-bond donors (Lipinski definition) is 1. The van der Waals surface area contributed by atoms with Gasteiger partial charge in [0.2, 0.25) is 0 Å². The molecule has 92 valence electrons. The van der Waals surface area contributed by atoms with Crippen molar-refractivity contribution >= 4 is 5.78 Å². The van der Waals surface area contributed by atoms with Gasteiger partial charge in [0.25, 0.3) is 0 Å². The van der Waals surface area contributed by atoms with Crippen LogP contribution in [0.3, 0.4) is 0 Å². The van der Waals surface area contributed by atoms with Crippen LogP contribution < -0.4 is 5.73 Å². The summed E-state index contributed by atoms with van der Waals surface area (Å²) in [4.78, 5) is 11.5. The lowest BCUT2D eigenvalue weighted by atomic mass is 9.81. The monoisotopic (exact) mass is 231 g/mol. The summed E-state index contributed by atoms with van der Waals surface area (Å²) in [5, 5.41) is 0. The van der Waals surface area contributed by atoms with Crippen LogP contribution in [0.1, 0.15) is 60.9 Å². The third kappa shape index (κ3) is 2.95. The molecule has 1 aromatic carbocycles. The molecule has 1 saturated carbocycles. The first-order chi connectivity index (χ1) is 8.20. The molecular formula is C15H21NO. The minimum Gasteiger partial charge on any atom is -0.328 e. The number of carbonyl (C=O) groups excluding carboxylic acids is 1. The Morgan fingerprint density at radius 1 is 1.29 bits per heavy atom. The molecule has 0 spiro atoms. The Morgan fingerprint density at radius 2 is 2.00 bits per heavy atom. The van der Waals surface area contributed by atoms with Gasteiger partial charge in [-0.15, -0.1) is 0 Å². The van der Waals surface area contributed by atoms with Crippen LogP contribution in [-0.4, -0.2) is 11.8 Å². The molecule has 1 fully saturated rings. The zero-order valence-corrected chi connectivity index (χ0v) is 10.5. The highest BCUT2D eigenvalue weighted by molar-refractivity contribution is 5.95. The van der Waals surface area contributed by atoms with E-state index in [1.54, 1.807) is 0 Å². The number of carbonyl (C=O) groups is 1. The first-order valence-corrected chi connectivity index (χ1v) is 6.59. The maximum Gasteiger partial charge on any atom is 0.162 e. The largest absolute Gasteiger partial charge is 0.328 e. The average molecular weight is 231 g/mol. The van der Waals surface area contributed by atoms with Gasteiger partial charge < -0.3 is 5.73 Å². The maximum atomic E-state index is 11.5. The standard InChI is InChI=1S/C15H21NO/c1-2-15(17)12-8-6-11(7-9-12)13-4-3-5-14(16)10-13/h6-9,13-14H,2-5,10,16H2,1H3. The van der Waals surface area contributed by atoms with E-state index in [0.29, 0.717) is 18.4 Å². The molecule has 1 aliphatic rings. The van der Waals surface area contributed by atoms with Crippen LogP contribution in [0, 0.1) is 0 Å². The van der Waals surface area contributed by atoms with Crippen LogP contribution in [0.25, 0.3) is 0 Å². The van der Waals surface area contributed by atoms with Crippen molar-refractivity contribution in [1.82, 2.24) is 0 Å². The molecule has 2 atom stereocenters. The minimum atomic E-state index is 0.219. The highest BCUT2D eigenvalue weighted by atomic mass is 16.1. The SMILES string of the molecule is CCC(=O)c1ccc(C2CCCC(N)C2)cc1. The summed E-state index contributed by atoms with van der Waals surface area (Å²) in [5.41, 5.74) is 8.18. The van der Waals surface area contributed by atoms with Crippen molar-refractivity contribution in [3.63, 3.8) is 0 Å². The summed E-state index contributed by atoms with van der Waals surface area (Å²) in [7, 11) is 0. The van der Waals surface area contributed by atoms with Crippen molar-refractivity contribution < 1.29 is 4.79 Å². The zero-order chi connectivity index (χ0) is 12.3. The lowest BCUT2D eigenvalue weighted by Crippen LogP contribution is -2.26. The quantitative estimate of drug-likeness (QED) is 0.811. The summed E-state index contributed by atoms with van der Waals surface area (Å²) >= 11 is 0. The van der Waals surface area contributed by atoms with E-state index in [0.717, 1.165) is 18.4 Å². The smallest absolute Gasteiger partial charge is 0.162 e. The second-order valence-corrected chi connectivity index (χ2v) is 5.02.